The molecule has 2 atom stereocenters. The number of hydrogen-bond donors (Lipinski definition) is 2. The molecule has 1 fully saturated rings. The number of nitrogens with zero attached hydrogens (tertiary/aromatic N) is 3. The molecule has 1 aliphatic carbocycles. The number of fused-ring (bicyclic) bond motifs is 1. The zero-order valence-electron chi connectivity index (χ0n) is 14.0. The summed E-state index contributed by atoms with van der Waals surface area (Å²) in [5.74, 6) is 1.21. The van der Waals surface area contributed by atoms with Crippen LogP contribution in [0, 0.1) is 17.2 Å². The van der Waals surface area contributed by atoms with Crippen molar-refractivity contribution in [2.45, 2.75) is 18.4 Å². The molecule has 26 heavy (non-hydrogen) atoms. The van der Waals surface area contributed by atoms with Crippen LogP contribution in [-0.4, -0.2) is 21.8 Å². The van der Waals surface area contributed by atoms with Gasteiger partial charge in [-0.05, 0) is 48.6 Å². The number of amides is 1. The van der Waals surface area contributed by atoms with Gasteiger partial charge in [0.1, 0.15) is 11.8 Å². The molecule has 0 unspecified atom stereocenters. The second kappa shape index (κ2) is 6.46. The van der Waals surface area contributed by atoms with Gasteiger partial charge in [-0.1, -0.05) is 23.9 Å². The third-order valence-electron chi connectivity index (χ3n) is 4.84. The van der Waals surface area contributed by atoms with E-state index in [2.05, 4.69) is 10.3 Å². The Morgan fingerprint density at radius 3 is 3.04 bits per heavy atom. The number of carbonyl (C=O) groups excluding carboxylic acids is 1. The molecule has 0 spiro atoms. The van der Waals surface area contributed by atoms with Gasteiger partial charge in [-0.25, -0.2) is 4.98 Å². The zero-order chi connectivity index (χ0) is 18.1. The number of nitriles is 1. The van der Waals surface area contributed by atoms with E-state index in [4.69, 9.17) is 16.0 Å². The Hall–Kier alpha value is -2.85. The number of benzene rings is 1. The second-order valence-corrected chi connectivity index (χ2v) is 7.61. The highest BCUT2D eigenvalue weighted by Gasteiger charge is 2.56. The number of thioether (sulfide) groups is 1. The number of aromatic nitrogens is 1. The Bertz CT molecular complexity index is 934. The fraction of sp³-hybridized carbons (Fsp3) is 0.263. The van der Waals surface area contributed by atoms with Crippen LogP contribution >= 0.6 is 11.8 Å². The highest BCUT2D eigenvalue weighted by molar-refractivity contribution is 8.13. The lowest BCUT2D eigenvalue weighted by molar-refractivity contribution is 0.102. The standard InChI is InChI=1S/C19H17N5OS/c20-10-12-4-5-16(22-11-12)17(25)23-15-3-1-2-13(8-15)19-9-14(19)6-7-26-18(21)24-19/h1-5,8,11,14H,6-7,9H2,(H2,21,24)(H,23,25)/t14-,19+/m1/s1. The van der Waals surface area contributed by atoms with Gasteiger partial charge in [-0.3, -0.25) is 9.79 Å². The van der Waals surface area contributed by atoms with Crippen molar-refractivity contribution in [1.82, 2.24) is 4.98 Å². The van der Waals surface area contributed by atoms with Crippen LogP contribution in [-0.2, 0) is 5.54 Å². The van der Waals surface area contributed by atoms with Gasteiger partial charge in [0.25, 0.3) is 5.91 Å². The summed E-state index contributed by atoms with van der Waals surface area (Å²) in [6, 6.07) is 12.9. The summed E-state index contributed by atoms with van der Waals surface area (Å²) >= 11 is 1.61. The monoisotopic (exact) mass is 363 g/mol. The highest BCUT2D eigenvalue weighted by Crippen LogP contribution is 2.59. The fourth-order valence-electron chi connectivity index (χ4n) is 3.40. The van der Waals surface area contributed by atoms with Gasteiger partial charge >= 0.3 is 0 Å². The maximum absolute atomic E-state index is 12.4. The summed E-state index contributed by atoms with van der Waals surface area (Å²) in [5.41, 5.74) is 8.24. The van der Waals surface area contributed by atoms with Crippen LogP contribution < -0.4 is 11.1 Å². The van der Waals surface area contributed by atoms with Crippen LogP contribution in [0.15, 0.2) is 47.6 Å². The van der Waals surface area contributed by atoms with Crippen LogP contribution in [0.3, 0.4) is 0 Å². The minimum Gasteiger partial charge on any atom is -0.379 e. The summed E-state index contributed by atoms with van der Waals surface area (Å²) < 4.78 is 0. The molecule has 0 saturated heterocycles. The molecule has 2 aromatic rings. The van der Waals surface area contributed by atoms with Gasteiger partial charge in [0.05, 0.1) is 11.1 Å². The van der Waals surface area contributed by atoms with Crippen molar-refractivity contribution in [2.24, 2.45) is 16.6 Å². The Labute approximate surface area is 155 Å². The van der Waals surface area contributed by atoms with Gasteiger partial charge < -0.3 is 11.1 Å². The molecule has 1 saturated carbocycles. The molecule has 7 heteroatoms. The number of nitrogens with one attached hydrogen (secondary N) is 1. The molecule has 2 aliphatic rings. The molecule has 6 nitrogen and oxygen atoms in total. The van der Waals surface area contributed by atoms with E-state index in [-0.39, 0.29) is 17.1 Å². The molecule has 1 aliphatic heterocycles. The summed E-state index contributed by atoms with van der Waals surface area (Å²) in [5, 5.41) is 12.3. The summed E-state index contributed by atoms with van der Waals surface area (Å²) in [7, 11) is 0. The summed E-state index contributed by atoms with van der Waals surface area (Å²) in [6.07, 6.45) is 3.49. The first-order chi connectivity index (χ1) is 12.6. The van der Waals surface area contributed by atoms with E-state index in [0.29, 0.717) is 22.3 Å². The first kappa shape index (κ1) is 16.6. The molecule has 4 rings (SSSR count). The molecular weight excluding hydrogens is 346 g/mol. The Morgan fingerprint density at radius 2 is 2.27 bits per heavy atom. The number of anilines is 1. The predicted molar refractivity (Wildman–Crippen MR) is 102 cm³/mol. The minimum atomic E-state index is -0.309. The van der Waals surface area contributed by atoms with Gasteiger partial charge in [0.2, 0.25) is 0 Å². The topological polar surface area (TPSA) is 104 Å². The van der Waals surface area contributed by atoms with E-state index in [1.54, 1.807) is 23.9 Å². The fourth-order valence-corrected chi connectivity index (χ4v) is 4.24. The average Bonchev–Trinajstić information content (AvgIpc) is 3.37. The smallest absolute Gasteiger partial charge is 0.274 e. The Morgan fingerprint density at radius 1 is 1.38 bits per heavy atom. The molecule has 1 aromatic carbocycles. The van der Waals surface area contributed by atoms with Gasteiger partial charge in [-0.15, -0.1) is 0 Å². The number of amidine groups is 1. The van der Waals surface area contributed by atoms with Crippen molar-refractivity contribution >= 4 is 28.5 Å². The Balaban J connectivity index is 1.56. The van der Waals surface area contributed by atoms with E-state index in [9.17, 15) is 4.79 Å². The molecule has 0 bridgehead atoms. The second-order valence-electron chi connectivity index (χ2n) is 6.49. The predicted octanol–water partition coefficient (Wildman–Crippen LogP) is 2.87. The number of aliphatic imine (C=N–C) groups is 1. The van der Waals surface area contributed by atoms with Crippen LogP contribution in [0.25, 0.3) is 0 Å². The van der Waals surface area contributed by atoms with Crippen molar-refractivity contribution in [3.8, 4) is 6.07 Å². The Kier molecular flexibility index (Phi) is 4.13. The molecule has 0 radical (unpaired) electrons. The lowest BCUT2D eigenvalue weighted by Gasteiger charge is -2.14. The SMILES string of the molecule is N#Cc1ccc(C(=O)Nc2cccc([C@@]34C[C@H]3CCSC(N)=N4)c2)nc1. The molecular formula is C19H17N5OS. The van der Waals surface area contributed by atoms with Gasteiger partial charge in [0, 0.05) is 17.6 Å². The average molecular weight is 363 g/mol. The normalized spacial score (nSPS) is 23.8. The summed E-state index contributed by atoms with van der Waals surface area (Å²) in [4.78, 5) is 21.2. The van der Waals surface area contributed by atoms with Gasteiger partial charge in [-0.2, -0.15) is 5.26 Å². The first-order valence-electron chi connectivity index (χ1n) is 8.37. The minimum absolute atomic E-state index is 0.235. The number of nitrogens with two attached hydrogens (primary N) is 1. The molecule has 1 aromatic heterocycles. The number of hydrogen-bond acceptors (Lipinski definition) is 6. The van der Waals surface area contributed by atoms with E-state index in [1.807, 2.05) is 30.3 Å². The van der Waals surface area contributed by atoms with Crippen LogP contribution in [0.5, 0.6) is 0 Å². The van der Waals surface area contributed by atoms with Crippen molar-refractivity contribution < 1.29 is 4.79 Å². The molecule has 2 heterocycles. The highest BCUT2D eigenvalue weighted by atomic mass is 32.2. The number of pyridine rings is 1. The van der Waals surface area contributed by atoms with Crippen molar-refractivity contribution in [1.29, 1.82) is 5.26 Å². The molecule has 1 amide bonds. The zero-order valence-corrected chi connectivity index (χ0v) is 14.8. The lowest BCUT2D eigenvalue weighted by Crippen LogP contribution is -2.16. The van der Waals surface area contributed by atoms with Crippen molar-refractivity contribution in [3.05, 3.63) is 59.4 Å². The first-order valence-corrected chi connectivity index (χ1v) is 9.35. The maximum Gasteiger partial charge on any atom is 0.274 e. The third-order valence-corrected chi connectivity index (χ3v) is 5.67. The van der Waals surface area contributed by atoms with Crippen LogP contribution in [0.4, 0.5) is 5.69 Å². The lowest BCUT2D eigenvalue weighted by atomic mass is 10.0. The number of rotatable bonds is 3. The van der Waals surface area contributed by atoms with Crippen molar-refractivity contribution in [2.75, 3.05) is 11.1 Å². The van der Waals surface area contributed by atoms with Crippen LogP contribution in [0.1, 0.15) is 34.5 Å². The molecule has 3 N–H and O–H groups in total. The van der Waals surface area contributed by atoms with Gasteiger partial charge in [0.15, 0.2) is 5.17 Å². The van der Waals surface area contributed by atoms with E-state index in [1.165, 1.54) is 6.20 Å². The van der Waals surface area contributed by atoms with E-state index in [0.717, 1.165) is 24.2 Å². The maximum atomic E-state index is 12.4. The third kappa shape index (κ3) is 3.04. The van der Waals surface area contributed by atoms with E-state index >= 15 is 0 Å². The largest absolute Gasteiger partial charge is 0.379 e. The molecule has 130 valence electrons. The van der Waals surface area contributed by atoms with E-state index < -0.39 is 0 Å². The van der Waals surface area contributed by atoms with Crippen molar-refractivity contribution in [3.63, 3.8) is 0 Å². The van der Waals surface area contributed by atoms with Crippen LogP contribution in [0.2, 0.25) is 0 Å². The number of carbonyl (C=O) groups is 1. The summed E-state index contributed by atoms with van der Waals surface area (Å²) in [6.45, 7) is 0. The quantitative estimate of drug-likeness (QED) is 0.872.